The Balaban J connectivity index is 1.94. The molecule has 0 radical (unpaired) electrons. The SMILES string of the molecule is COC(=O)[C@H]1O[C@@H](Oc2ccc(COC(=O)Oc3ccc([N+](=O)[O-])cc3)cc2NC(=O)CCNC(=O)OC(C)(C)C)[C@H](OC(C)=O)[C@@H](OC(C)=O)[C@@H]1OC(C)=O. The quantitative estimate of drug-likeness (QED) is 0.0914. The highest BCUT2D eigenvalue weighted by Crippen LogP contribution is 2.34. The number of nitro groups is 1. The predicted octanol–water partition coefficient (Wildman–Crippen LogP) is 3.24. The Morgan fingerprint density at radius 1 is 0.857 bits per heavy atom. The number of amides is 2. The number of non-ortho nitro benzene ring substituents is 1. The summed E-state index contributed by atoms with van der Waals surface area (Å²) in [5.74, 6) is -4.72. The van der Waals surface area contributed by atoms with E-state index in [1.54, 1.807) is 20.8 Å². The van der Waals surface area contributed by atoms with Gasteiger partial charge in [0, 0.05) is 45.9 Å². The maximum Gasteiger partial charge on any atom is 0.514 e. The second kappa shape index (κ2) is 19.7. The number of hydrogen-bond donors (Lipinski definition) is 2. The first kappa shape index (κ1) is 43.9. The van der Waals surface area contributed by atoms with Crippen LogP contribution in [-0.2, 0) is 63.7 Å². The summed E-state index contributed by atoms with van der Waals surface area (Å²) in [5.41, 5.74) is -0.863. The summed E-state index contributed by atoms with van der Waals surface area (Å²) in [4.78, 5) is 97.2. The molecule has 0 spiro atoms. The van der Waals surface area contributed by atoms with Crippen LogP contribution in [0, 0.1) is 10.1 Å². The smallest absolute Gasteiger partial charge is 0.467 e. The van der Waals surface area contributed by atoms with Gasteiger partial charge in [0.15, 0.2) is 18.3 Å². The summed E-state index contributed by atoms with van der Waals surface area (Å²) in [7, 11) is 1.01. The molecule has 1 heterocycles. The van der Waals surface area contributed by atoms with Crippen molar-refractivity contribution in [3.8, 4) is 11.5 Å². The van der Waals surface area contributed by atoms with Gasteiger partial charge in [-0.1, -0.05) is 6.07 Å². The van der Waals surface area contributed by atoms with E-state index >= 15 is 0 Å². The molecule has 0 aliphatic carbocycles. The molecule has 56 heavy (non-hydrogen) atoms. The van der Waals surface area contributed by atoms with Crippen LogP contribution >= 0.6 is 0 Å². The van der Waals surface area contributed by atoms with Gasteiger partial charge in [0.25, 0.3) is 5.69 Å². The van der Waals surface area contributed by atoms with Crippen molar-refractivity contribution in [1.29, 1.82) is 0 Å². The fraction of sp³-hybridized carbons (Fsp3) is 0.457. The van der Waals surface area contributed by atoms with E-state index in [9.17, 15) is 43.7 Å². The van der Waals surface area contributed by atoms with E-state index in [0.717, 1.165) is 40.0 Å². The molecule has 2 N–H and O–H groups in total. The minimum Gasteiger partial charge on any atom is -0.467 e. The van der Waals surface area contributed by atoms with Crippen molar-refractivity contribution >= 4 is 53.4 Å². The van der Waals surface area contributed by atoms with Crippen molar-refractivity contribution in [3.63, 3.8) is 0 Å². The average Bonchev–Trinajstić information content (AvgIpc) is 3.09. The minimum absolute atomic E-state index is 0.0413. The van der Waals surface area contributed by atoms with E-state index in [1.165, 1.54) is 30.3 Å². The number of methoxy groups -OCH3 is 1. The molecule has 2 amide bonds. The average molecular weight is 792 g/mol. The number of anilines is 1. The van der Waals surface area contributed by atoms with Gasteiger partial charge in [-0.2, -0.15) is 0 Å². The molecule has 1 fully saturated rings. The van der Waals surface area contributed by atoms with Gasteiger partial charge in [-0.05, 0) is 50.6 Å². The lowest BCUT2D eigenvalue weighted by atomic mass is 9.97. The topological polar surface area (TPSA) is 270 Å². The van der Waals surface area contributed by atoms with Gasteiger partial charge < -0.3 is 53.3 Å². The predicted molar refractivity (Wildman–Crippen MR) is 186 cm³/mol. The van der Waals surface area contributed by atoms with Crippen LogP contribution in [0.2, 0.25) is 0 Å². The number of alkyl carbamates (subject to hydrolysis) is 1. The Morgan fingerprint density at radius 2 is 1.46 bits per heavy atom. The van der Waals surface area contributed by atoms with Gasteiger partial charge >= 0.3 is 36.1 Å². The molecule has 21 heteroatoms. The fourth-order valence-corrected chi connectivity index (χ4v) is 4.88. The van der Waals surface area contributed by atoms with E-state index in [1.807, 2.05) is 0 Å². The zero-order chi connectivity index (χ0) is 41.7. The van der Waals surface area contributed by atoms with Crippen LogP contribution in [0.3, 0.4) is 0 Å². The summed E-state index contributed by atoms with van der Waals surface area (Å²) in [6.45, 7) is 7.44. The lowest BCUT2D eigenvalue weighted by Crippen LogP contribution is -2.64. The first-order valence-corrected chi connectivity index (χ1v) is 16.7. The summed E-state index contributed by atoms with van der Waals surface area (Å²) < 4.78 is 48.1. The number of ether oxygens (including phenoxy) is 9. The summed E-state index contributed by atoms with van der Waals surface area (Å²) >= 11 is 0. The van der Waals surface area contributed by atoms with Crippen molar-refractivity contribution in [2.45, 2.75) is 90.9 Å². The van der Waals surface area contributed by atoms with E-state index in [-0.39, 0.29) is 41.4 Å². The molecule has 304 valence electrons. The Bertz CT molecular complexity index is 1790. The van der Waals surface area contributed by atoms with Crippen molar-refractivity contribution in [2.24, 2.45) is 0 Å². The van der Waals surface area contributed by atoms with Crippen molar-refractivity contribution < 1.29 is 81.1 Å². The number of carbonyl (C=O) groups excluding carboxylic acids is 7. The second-order valence-electron chi connectivity index (χ2n) is 12.7. The van der Waals surface area contributed by atoms with Gasteiger partial charge in [-0.25, -0.2) is 14.4 Å². The Morgan fingerprint density at radius 3 is 2.04 bits per heavy atom. The van der Waals surface area contributed by atoms with E-state index in [2.05, 4.69) is 10.6 Å². The summed E-state index contributed by atoms with van der Waals surface area (Å²) in [6.07, 6.45) is -10.8. The van der Waals surface area contributed by atoms with Crippen LogP contribution in [0.4, 0.5) is 21.0 Å². The van der Waals surface area contributed by atoms with Crippen molar-refractivity contribution in [1.82, 2.24) is 5.32 Å². The molecule has 1 aliphatic heterocycles. The number of carbonyl (C=O) groups is 7. The molecule has 0 bridgehead atoms. The van der Waals surface area contributed by atoms with Crippen LogP contribution in [0.1, 0.15) is 53.5 Å². The molecule has 2 aromatic rings. The highest BCUT2D eigenvalue weighted by molar-refractivity contribution is 5.92. The third-order valence-corrected chi connectivity index (χ3v) is 7.02. The number of nitrogens with one attached hydrogen (secondary N) is 2. The molecular weight excluding hydrogens is 750 g/mol. The Kier molecular flexibility index (Phi) is 15.4. The van der Waals surface area contributed by atoms with Gasteiger partial charge in [0.1, 0.15) is 23.7 Å². The molecular formula is C35H41N3O18. The maximum absolute atomic E-state index is 13.1. The van der Waals surface area contributed by atoms with E-state index in [0.29, 0.717) is 0 Å². The Labute approximate surface area is 319 Å². The van der Waals surface area contributed by atoms with Crippen molar-refractivity contribution in [3.05, 3.63) is 58.1 Å². The van der Waals surface area contributed by atoms with Gasteiger partial charge in [-0.15, -0.1) is 0 Å². The number of nitro benzene ring substituents is 1. The number of rotatable bonds is 14. The van der Waals surface area contributed by atoms with Crippen molar-refractivity contribution in [2.75, 3.05) is 19.0 Å². The van der Waals surface area contributed by atoms with Gasteiger partial charge in [0.05, 0.1) is 17.7 Å². The molecule has 0 aromatic heterocycles. The zero-order valence-electron chi connectivity index (χ0n) is 31.3. The van der Waals surface area contributed by atoms with Crippen LogP contribution in [-0.4, -0.2) is 96.9 Å². The first-order chi connectivity index (χ1) is 26.3. The minimum atomic E-state index is -1.79. The molecule has 1 saturated heterocycles. The molecule has 3 rings (SSSR count). The Hall–Kier alpha value is -6.51. The third-order valence-electron chi connectivity index (χ3n) is 7.02. The zero-order valence-corrected chi connectivity index (χ0v) is 31.3. The first-order valence-electron chi connectivity index (χ1n) is 16.7. The lowest BCUT2D eigenvalue weighted by Gasteiger charge is -2.43. The molecule has 5 atom stereocenters. The highest BCUT2D eigenvalue weighted by Gasteiger charge is 2.56. The molecule has 21 nitrogen and oxygen atoms in total. The molecule has 0 saturated carbocycles. The monoisotopic (exact) mass is 791 g/mol. The van der Waals surface area contributed by atoms with Crippen LogP contribution < -0.4 is 20.1 Å². The molecule has 1 aliphatic rings. The number of hydrogen-bond acceptors (Lipinski definition) is 18. The molecule has 2 aromatic carbocycles. The number of benzene rings is 2. The lowest BCUT2D eigenvalue weighted by molar-refractivity contribution is -0.384. The van der Waals surface area contributed by atoms with Crippen LogP contribution in [0.25, 0.3) is 0 Å². The van der Waals surface area contributed by atoms with E-state index < -0.39 is 89.9 Å². The van der Waals surface area contributed by atoms with E-state index in [4.69, 9.17) is 42.6 Å². The maximum atomic E-state index is 13.1. The fourth-order valence-electron chi connectivity index (χ4n) is 4.88. The number of esters is 4. The van der Waals surface area contributed by atoms with Crippen LogP contribution in [0.15, 0.2) is 42.5 Å². The second-order valence-corrected chi connectivity index (χ2v) is 12.7. The standard InChI is InChI=1S/C35H41N3O18/c1-18(39)50-27-28(51-19(2)40)30(52-20(3)41)32(55-29(27)31(43)48-7)54-25-13-8-21(17-49-34(45)53-23-11-9-22(10-12-23)38(46)47)16-24(25)37-26(42)14-15-36-33(44)56-35(4,5)6/h8-13,16,27-30,32H,14-15,17H2,1-7H3,(H,36,44)(H,37,42)/t27-,28-,29-,30+,32+/m0/s1. The highest BCUT2D eigenvalue weighted by atomic mass is 16.7. The largest absolute Gasteiger partial charge is 0.514 e. The molecule has 0 unspecified atom stereocenters. The van der Waals surface area contributed by atoms with Gasteiger partial charge in [0.2, 0.25) is 18.3 Å². The third kappa shape index (κ3) is 13.7. The summed E-state index contributed by atoms with van der Waals surface area (Å²) in [5, 5.41) is 15.9. The number of nitrogens with zero attached hydrogens (tertiary/aromatic N) is 1. The normalized spacial score (nSPS) is 18.9. The summed E-state index contributed by atoms with van der Waals surface area (Å²) in [6, 6.07) is 8.63. The van der Waals surface area contributed by atoms with Crippen LogP contribution in [0.5, 0.6) is 11.5 Å². The van der Waals surface area contributed by atoms with Gasteiger partial charge in [-0.3, -0.25) is 29.3 Å².